The molecule has 1 aromatic rings. The zero-order chi connectivity index (χ0) is 27.5. The van der Waals surface area contributed by atoms with Gasteiger partial charge in [-0.2, -0.15) is 0 Å². The number of hydrogen-bond acceptors (Lipinski definition) is 6. The molecule has 0 aliphatic heterocycles. The van der Waals surface area contributed by atoms with Crippen molar-refractivity contribution in [2.75, 3.05) is 7.05 Å². The van der Waals surface area contributed by atoms with Crippen molar-refractivity contribution in [3.8, 4) is 0 Å². The van der Waals surface area contributed by atoms with Crippen LogP contribution in [0.1, 0.15) is 72.1 Å². The van der Waals surface area contributed by atoms with E-state index in [-0.39, 0.29) is 0 Å². The smallest absolute Gasteiger partial charge is 0.412 e. The Bertz CT molecular complexity index is 1030. The summed E-state index contributed by atoms with van der Waals surface area (Å²) in [7, 11) is 1.73. The summed E-state index contributed by atoms with van der Waals surface area (Å²) in [5, 5.41) is 5.60. The third kappa shape index (κ3) is 10.4. The Morgan fingerprint density at radius 3 is 2.25 bits per heavy atom. The summed E-state index contributed by atoms with van der Waals surface area (Å²) in [4.78, 5) is 24.9. The van der Waals surface area contributed by atoms with Gasteiger partial charge in [-0.1, -0.05) is 43.8 Å². The molecule has 1 aromatic carbocycles. The van der Waals surface area contributed by atoms with Crippen LogP contribution in [-0.4, -0.2) is 24.8 Å². The van der Waals surface area contributed by atoms with E-state index >= 15 is 0 Å². The van der Waals surface area contributed by atoms with Gasteiger partial charge < -0.3 is 14.9 Å². The Balaban J connectivity index is 3.14. The minimum Gasteiger partial charge on any atom is -0.444 e. The summed E-state index contributed by atoms with van der Waals surface area (Å²) < 4.78 is 11.0. The van der Waals surface area contributed by atoms with E-state index < -0.39 is 23.9 Å². The lowest BCUT2D eigenvalue weighted by atomic mass is 10.1. The summed E-state index contributed by atoms with van der Waals surface area (Å²) in [6.07, 6.45) is 2.59. The van der Waals surface area contributed by atoms with Gasteiger partial charge in [0.1, 0.15) is 11.7 Å². The molecule has 0 fully saturated rings. The third-order valence-electron chi connectivity index (χ3n) is 5.06. The average Bonchev–Trinajstić information content (AvgIpc) is 2.77. The lowest BCUT2D eigenvalue weighted by molar-refractivity contribution is 0.0547. The molecule has 1 unspecified atom stereocenters. The van der Waals surface area contributed by atoms with Crippen LogP contribution in [0.25, 0.3) is 0 Å². The van der Waals surface area contributed by atoms with Crippen molar-refractivity contribution in [3.05, 3.63) is 82.4 Å². The fourth-order valence-corrected chi connectivity index (χ4v) is 3.28. The molecule has 198 valence electrons. The van der Waals surface area contributed by atoms with E-state index in [1.165, 1.54) is 0 Å². The number of aryl methyl sites for hydroxylation is 1. The summed E-state index contributed by atoms with van der Waals surface area (Å²) in [5.41, 5.74) is 10.7. The summed E-state index contributed by atoms with van der Waals surface area (Å²) >= 11 is 0. The highest BCUT2D eigenvalue weighted by molar-refractivity contribution is 5.71. The first-order chi connectivity index (χ1) is 16.8. The van der Waals surface area contributed by atoms with Crippen molar-refractivity contribution < 1.29 is 19.1 Å². The number of alkyl carbamates (subject to hydrolysis) is 2. The first-order valence-electron chi connectivity index (χ1n) is 12.0. The molecule has 1 atom stereocenters. The van der Waals surface area contributed by atoms with E-state index in [4.69, 9.17) is 9.47 Å². The van der Waals surface area contributed by atoms with Crippen LogP contribution >= 0.6 is 0 Å². The molecule has 0 aliphatic rings. The SMILES string of the molecule is C=C(C)\C(=C/C=C(C)/C(NNC)=C(/CC)NC(=O)OC(C)c1ccccc1C)NC(=O)OC(C)(C)C. The molecule has 0 saturated carbocycles. The van der Waals surface area contributed by atoms with Crippen LogP contribution in [0.15, 0.2) is 71.2 Å². The average molecular weight is 499 g/mol. The van der Waals surface area contributed by atoms with E-state index in [1.807, 2.05) is 58.0 Å². The topological polar surface area (TPSA) is 101 Å². The third-order valence-corrected chi connectivity index (χ3v) is 5.06. The Morgan fingerprint density at radius 2 is 1.72 bits per heavy atom. The van der Waals surface area contributed by atoms with Crippen molar-refractivity contribution in [1.82, 2.24) is 21.5 Å². The van der Waals surface area contributed by atoms with Crippen LogP contribution < -0.4 is 21.5 Å². The Kier molecular flexibility index (Phi) is 12.0. The Labute approximate surface area is 215 Å². The fourth-order valence-electron chi connectivity index (χ4n) is 3.28. The molecule has 8 heteroatoms. The molecule has 4 N–H and O–H groups in total. The van der Waals surface area contributed by atoms with Crippen molar-refractivity contribution in [2.24, 2.45) is 0 Å². The first kappa shape index (κ1) is 30.5. The van der Waals surface area contributed by atoms with E-state index in [0.717, 1.165) is 16.7 Å². The monoisotopic (exact) mass is 498 g/mol. The highest BCUT2D eigenvalue weighted by Gasteiger charge is 2.18. The second-order valence-corrected chi connectivity index (χ2v) is 9.45. The fraction of sp³-hybridized carbons (Fsp3) is 0.429. The quantitative estimate of drug-likeness (QED) is 0.231. The minimum atomic E-state index is -0.615. The molecule has 36 heavy (non-hydrogen) atoms. The normalized spacial score (nSPS) is 13.8. The number of rotatable bonds is 10. The van der Waals surface area contributed by atoms with Gasteiger partial charge in [0.15, 0.2) is 0 Å². The van der Waals surface area contributed by atoms with Gasteiger partial charge in [0.25, 0.3) is 0 Å². The predicted octanol–water partition coefficient (Wildman–Crippen LogP) is 6.06. The van der Waals surface area contributed by atoms with Gasteiger partial charge in [-0.25, -0.2) is 15.0 Å². The Hall–Kier alpha value is -3.52. The molecule has 0 bridgehead atoms. The highest BCUT2D eigenvalue weighted by atomic mass is 16.6. The zero-order valence-electron chi connectivity index (χ0n) is 23.1. The molecule has 8 nitrogen and oxygen atoms in total. The molecule has 0 aromatic heterocycles. The largest absolute Gasteiger partial charge is 0.444 e. The van der Waals surface area contributed by atoms with Crippen LogP contribution in [0.5, 0.6) is 0 Å². The first-order valence-corrected chi connectivity index (χ1v) is 12.0. The predicted molar refractivity (Wildman–Crippen MR) is 145 cm³/mol. The van der Waals surface area contributed by atoms with Gasteiger partial charge in [0.05, 0.1) is 5.70 Å². The van der Waals surface area contributed by atoms with E-state index in [9.17, 15) is 9.59 Å². The van der Waals surface area contributed by atoms with Gasteiger partial charge in [-0.05, 0) is 83.2 Å². The van der Waals surface area contributed by atoms with Crippen molar-refractivity contribution in [1.29, 1.82) is 0 Å². The summed E-state index contributed by atoms with van der Waals surface area (Å²) in [5.74, 6) is 0. The Morgan fingerprint density at radius 1 is 1.08 bits per heavy atom. The molecule has 0 aliphatic carbocycles. The highest BCUT2D eigenvalue weighted by Crippen LogP contribution is 2.21. The van der Waals surface area contributed by atoms with Crippen LogP contribution in [0.2, 0.25) is 0 Å². The molecular formula is C28H42N4O4. The number of allylic oxidation sites excluding steroid dienone is 5. The van der Waals surface area contributed by atoms with E-state index in [1.54, 1.807) is 40.8 Å². The van der Waals surface area contributed by atoms with Crippen LogP contribution in [0.3, 0.4) is 0 Å². The molecule has 2 amide bonds. The molecule has 1 rings (SSSR count). The maximum atomic E-state index is 12.7. The molecular weight excluding hydrogens is 456 g/mol. The molecule has 0 heterocycles. The maximum absolute atomic E-state index is 12.7. The van der Waals surface area contributed by atoms with Crippen LogP contribution in [-0.2, 0) is 9.47 Å². The number of carbonyl (C=O) groups excluding carboxylic acids is 2. The molecule has 0 saturated heterocycles. The number of amides is 2. The van der Waals surface area contributed by atoms with Gasteiger partial charge in [0.2, 0.25) is 0 Å². The lowest BCUT2D eigenvalue weighted by Crippen LogP contribution is -2.33. The number of hydrogen-bond donors (Lipinski definition) is 4. The van der Waals surface area contributed by atoms with Crippen LogP contribution in [0.4, 0.5) is 9.59 Å². The lowest BCUT2D eigenvalue weighted by Gasteiger charge is -2.21. The van der Waals surface area contributed by atoms with Crippen molar-refractivity contribution in [3.63, 3.8) is 0 Å². The van der Waals surface area contributed by atoms with Crippen LogP contribution in [0, 0.1) is 6.92 Å². The maximum Gasteiger partial charge on any atom is 0.412 e. The summed E-state index contributed by atoms with van der Waals surface area (Å²) in [6.45, 7) is 18.8. The van der Waals surface area contributed by atoms with Gasteiger partial charge >= 0.3 is 12.2 Å². The number of nitrogens with one attached hydrogen (secondary N) is 4. The zero-order valence-corrected chi connectivity index (χ0v) is 23.1. The van der Waals surface area contributed by atoms with Gasteiger partial charge in [-0.3, -0.25) is 10.6 Å². The van der Waals surface area contributed by atoms with Crippen molar-refractivity contribution in [2.45, 2.75) is 73.5 Å². The van der Waals surface area contributed by atoms with E-state index in [2.05, 4.69) is 28.1 Å². The van der Waals surface area contributed by atoms with Gasteiger partial charge in [-0.15, -0.1) is 0 Å². The standard InChI is InChI=1S/C28H42N4O4/c1-11-23(30-26(33)35-21(6)22-15-13-12-14-19(22)4)25(32-29-10)20(5)16-17-24(18(2)3)31-27(34)36-28(7,8)9/h12-17,21,29,32H,2,11H2,1,3-10H3,(H,30,33)(H,31,34)/b20-16+,24-17+,25-23+. The van der Waals surface area contributed by atoms with Crippen molar-refractivity contribution >= 4 is 12.2 Å². The second kappa shape index (κ2) is 14.1. The minimum absolute atomic E-state index is 0.401. The van der Waals surface area contributed by atoms with E-state index in [0.29, 0.717) is 29.1 Å². The van der Waals surface area contributed by atoms with Gasteiger partial charge in [0, 0.05) is 18.4 Å². The number of benzene rings is 1. The summed E-state index contributed by atoms with van der Waals surface area (Å²) in [6, 6.07) is 7.80. The molecule has 0 spiro atoms. The number of ether oxygens (including phenoxy) is 2. The number of hydrazine groups is 1. The molecule has 0 radical (unpaired) electrons. The number of carbonyl (C=O) groups is 2. The second-order valence-electron chi connectivity index (χ2n) is 9.45.